The number of hydrogen-bond donors (Lipinski definition) is 0. The average molecular weight is 311 g/mol. The third-order valence-electron chi connectivity index (χ3n) is 3.85. The van der Waals surface area contributed by atoms with Crippen molar-refractivity contribution in [3.63, 3.8) is 0 Å². The van der Waals surface area contributed by atoms with Gasteiger partial charge in [-0.3, -0.25) is 4.79 Å². The van der Waals surface area contributed by atoms with Crippen molar-refractivity contribution >= 4 is 22.5 Å². The minimum absolute atomic E-state index is 0.404. The molecular formula is C16H23ClN2O2. The highest BCUT2D eigenvalue weighted by Crippen LogP contribution is 2.31. The summed E-state index contributed by atoms with van der Waals surface area (Å²) in [5.74, 6) is 0. The number of rotatable bonds is 6. The highest BCUT2D eigenvalue weighted by atomic mass is 35.5. The van der Waals surface area contributed by atoms with Crippen LogP contribution in [0, 0.1) is 0 Å². The molecule has 0 aromatic heterocycles. The fourth-order valence-electron chi connectivity index (χ4n) is 3.01. The van der Waals surface area contributed by atoms with Crippen molar-refractivity contribution in [2.75, 3.05) is 39.2 Å². The van der Waals surface area contributed by atoms with E-state index in [1.54, 1.807) is 7.11 Å². The smallest absolute Gasteiger partial charge is 0.254 e. The summed E-state index contributed by atoms with van der Waals surface area (Å²) in [4.78, 5) is 16.3. The Morgan fingerprint density at radius 3 is 2.86 bits per heavy atom. The highest BCUT2D eigenvalue weighted by molar-refractivity contribution is 6.68. The number of carbonyl (C=O) groups is 1. The lowest BCUT2D eigenvalue weighted by atomic mass is 10.1. The molecule has 0 saturated carbocycles. The monoisotopic (exact) mass is 310 g/mol. The van der Waals surface area contributed by atoms with Gasteiger partial charge in [-0.2, -0.15) is 0 Å². The summed E-state index contributed by atoms with van der Waals surface area (Å²) in [6.45, 7) is 2.44. The number of likely N-dealkylation sites (N-methyl/N-ethyl adjacent to an activating group) is 1. The van der Waals surface area contributed by atoms with Crippen molar-refractivity contribution < 1.29 is 9.53 Å². The molecule has 1 aliphatic rings. The number of ether oxygens (including phenoxy) is 1. The van der Waals surface area contributed by atoms with E-state index >= 15 is 0 Å². The van der Waals surface area contributed by atoms with Gasteiger partial charge in [-0.1, -0.05) is 6.07 Å². The van der Waals surface area contributed by atoms with Crippen molar-refractivity contribution in [3.05, 3.63) is 29.3 Å². The largest absolute Gasteiger partial charge is 0.380 e. The van der Waals surface area contributed by atoms with Gasteiger partial charge in [-0.25, -0.2) is 0 Å². The standard InChI is InChI=1S/C16H23ClN2O2/c1-18(2)10-13-5-4-8-19(13)15-7-6-12(11-21-3)9-14(15)16(17)20/h6-7,9,13H,4-5,8,10-11H2,1-3H3. The van der Waals surface area contributed by atoms with E-state index in [9.17, 15) is 4.79 Å². The summed E-state index contributed by atoms with van der Waals surface area (Å²) in [5.41, 5.74) is 2.49. The van der Waals surface area contributed by atoms with Gasteiger partial charge in [0, 0.05) is 31.9 Å². The van der Waals surface area contributed by atoms with E-state index in [1.807, 2.05) is 18.2 Å². The third-order valence-corrected chi connectivity index (χ3v) is 4.05. The average Bonchev–Trinajstić information content (AvgIpc) is 2.86. The molecule has 0 bridgehead atoms. The summed E-state index contributed by atoms with van der Waals surface area (Å²) >= 11 is 5.80. The van der Waals surface area contributed by atoms with Gasteiger partial charge in [0.1, 0.15) is 0 Å². The van der Waals surface area contributed by atoms with Gasteiger partial charge in [0.2, 0.25) is 0 Å². The summed E-state index contributed by atoms with van der Waals surface area (Å²) in [6.07, 6.45) is 2.29. The second-order valence-corrected chi connectivity index (χ2v) is 6.15. The molecule has 0 N–H and O–H groups in total. The van der Waals surface area contributed by atoms with E-state index in [0.29, 0.717) is 18.2 Å². The zero-order chi connectivity index (χ0) is 15.4. The molecule has 1 saturated heterocycles. The number of carbonyl (C=O) groups excluding carboxylic acids is 1. The van der Waals surface area contributed by atoms with E-state index in [2.05, 4.69) is 23.9 Å². The van der Waals surface area contributed by atoms with Gasteiger partial charge < -0.3 is 14.5 Å². The van der Waals surface area contributed by atoms with Crippen LogP contribution in [0.1, 0.15) is 28.8 Å². The fraction of sp³-hybridized carbons (Fsp3) is 0.562. The molecule has 0 spiro atoms. The van der Waals surface area contributed by atoms with E-state index in [-0.39, 0.29) is 0 Å². The maximum absolute atomic E-state index is 11.8. The Labute approximate surface area is 131 Å². The van der Waals surface area contributed by atoms with Crippen LogP contribution in [0.3, 0.4) is 0 Å². The van der Waals surface area contributed by atoms with Crippen LogP contribution in [0.4, 0.5) is 5.69 Å². The summed E-state index contributed by atoms with van der Waals surface area (Å²) in [6, 6.07) is 6.28. The van der Waals surface area contributed by atoms with Gasteiger partial charge >= 0.3 is 0 Å². The minimum Gasteiger partial charge on any atom is -0.380 e. The molecule has 1 aliphatic heterocycles. The van der Waals surface area contributed by atoms with Crippen molar-refractivity contribution in [3.8, 4) is 0 Å². The maximum atomic E-state index is 11.8. The van der Waals surface area contributed by atoms with E-state index in [1.165, 1.54) is 0 Å². The van der Waals surface area contributed by atoms with Crippen LogP contribution in [-0.2, 0) is 11.3 Å². The molecule has 0 radical (unpaired) electrons. The Bertz CT molecular complexity index is 505. The second-order valence-electron chi connectivity index (χ2n) is 5.81. The predicted octanol–water partition coefficient (Wildman–Crippen LogP) is 2.74. The Hall–Kier alpha value is -1.10. The lowest BCUT2D eigenvalue weighted by molar-refractivity contribution is 0.108. The van der Waals surface area contributed by atoms with Crippen molar-refractivity contribution in [1.82, 2.24) is 4.90 Å². The first kappa shape index (κ1) is 16.3. The van der Waals surface area contributed by atoms with Crippen LogP contribution in [-0.4, -0.2) is 50.5 Å². The Morgan fingerprint density at radius 1 is 1.48 bits per heavy atom. The van der Waals surface area contributed by atoms with Crippen LogP contribution in [0.25, 0.3) is 0 Å². The zero-order valence-corrected chi connectivity index (χ0v) is 13.7. The molecule has 1 aromatic carbocycles. The first-order valence-electron chi connectivity index (χ1n) is 7.26. The van der Waals surface area contributed by atoms with Crippen LogP contribution in [0.15, 0.2) is 18.2 Å². The number of methoxy groups -OCH3 is 1. The third kappa shape index (κ3) is 3.96. The SMILES string of the molecule is COCc1ccc(N2CCCC2CN(C)C)c(C(=O)Cl)c1. The molecule has 0 amide bonds. The molecule has 4 nitrogen and oxygen atoms in total. The molecular weight excluding hydrogens is 288 g/mol. The van der Waals surface area contributed by atoms with Crippen molar-refractivity contribution in [2.45, 2.75) is 25.5 Å². The number of anilines is 1. The lowest BCUT2D eigenvalue weighted by Crippen LogP contribution is -2.38. The molecule has 5 heteroatoms. The Morgan fingerprint density at radius 2 is 2.24 bits per heavy atom. The first-order chi connectivity index (χ1) is 10.0. The summed E-state index contributed by atoms with van der Waals surface area (Å²) < 4.78 is 5.13. The van der Waals surface area contributed by atoms with Gasteiger partial charge in [0.25, 0.3) is 5.24 Å². The van der Waals surface area contributed by atoms with Crippen molar-refractivity contribution in [1.29, 1.82) is 0 Å². The lowest BCUT2D eigenvalue weighted by Gasteiger charge is -2.30. The normalized spacial score (nSPS) is 18.5. The molecule has 116 valence electrons. The first-order valence-corrected chi connectivity index (χ1v) is 7.63. The van der Waals surface area contributed by atoms with Crippen LogP contribution >= 0.6 is 11.6 Å². The fourth-order valence-corrected chi connectivity index (χ4v) is 3.16. The molecule has 1 heterocycles. The number of nitrogens with zero attached hydrogens (tertiary/aromatic N) is 2. The predicted molar refractivity (Wildman–Crippen MR) is 86.3 cm³/mol. The number of halogens is 1. The quantitative estimate of drug-likeness (QED) is 0.756. The minimum atomic E-state index is -0.404. The Kier molecular flexibility index (Phi) is 5.62. The van der Waals surface area contributed by atoms with Crippen LogP contribution in [0.2, 0.25) is 0 Å². The molecule has 1 aromatic rings. The molecule has 21 heavy (non-hydrogen) atoms. The molecule has 2 rings (SSSR count). The number of hydrogen-bond acceptors (Lipinski definition) is 4. The molecule has 1 fully saturated rings. The van der Waals surface area contributed by atoms with Crippen LogP contribution in [0.5, 0.6) is 0 Å². The van der Waals surface area contributed by atoms with E-state index < -0.39 is 5.24 Å². The van der Waals surface area contributed by atoms with Crippen LogP contribution < -0.4 is 4.90 Å². The maximum Gasteiger partial charge on any atom is 0.254 e. The van der Waals surface area contributed by atoms with E-state index in [0.717, 1.165) is 37.2 Å². The van der Waals surface area contributed by atoms with Gasteiger partial charge in [-0.15, -0.1) is 0 Å². The van der Waals surface area contributed by atoms with Gasteiger partial charge in [0.05, 0.1) is 12.2 Å². The molecule has 1 unspecified atom stereocenters. The molecule has 1 atom stereocenters. The van der Waals surface area contributed by atoms with Gasteiger partial charge in [0.15, 0.2) is 0 Å². The topological polar surface area (TPSA) is 32.8 Å². The van der Waals surface area contributed by atoms with Crippen molar-refractivity contribution in [2.24, 2.45) is 0 Å². The number of benzene rings is 1. The zero-order valence-electron chi connectivity index (χ0n) is 12.9. The van der Waals surface area contributed by atoms with E-state index in [4.69, 9.17) is 16.3 Å². The Balaban J connectivity index is 2.31. The second kappa shape index (κ2) is 7.25. The molecule has 0 aliphatic carbocycles. The summed E-state index contributed by atoms with van der Waals surface area (Å²) in [5, 5.41) is -0.404. The highest BCUT2D eigenvalue weighted by Gasteiger charge is 2.28. The summed E-state index contributed by atoms with van der Waals surface area (Å²) in [7, 11) is 5.79. The van der Waals surface area contributed by atoms with Gasteiger partial charge in [-0.05, 0) is 56.2 Å².